The molecule has 1 atom stereocenters. The highest BCUT2D eigenvalue weighted by molar-refractivity contribution is 6.33. The lowest BCUT2D eigenvalue weighted by Crippen LogP contribution is -2.30. The molecule has 1 aromatic carbocycles. The number of nitrogen functional groups attached to an aromatic ring is 1. The summed E-state index contributed by atoms with van der Waals surface area (Å²) in [5, 5.41) is 3.26. The minimum absolute atomic E-state index is 0.159. The van der Waals surface area contributed by atoms with Gasteiger partial charge in [-0.25, -0.2) is 0 Å². The average Bonchev–Trinajstić information content (AvgIpc) is 2.86. The maximum atomic E-state index is 12.0. The van der Waals surface area contributed by atoms with Gasteiger partial charge in [0, 0.05) is 5.69 Å². The van der Waals surface area contributed by atoms with E-state index in [1.807, 2.05) is 0 Å². The molecule has 4 nitrogen and oxygen atoms in total. The highest BCUT2D eigenvalue weighted by atomic mass is 35.5. The number of ether oxygens (including phenoxy) is 1. The molecule has 1 aliphatic rings. The molecule has 0 saturated heterocycles. The quantitative estimate of drug-likeness (QED) is 0.834. The number of nitrogens with two attached hydrogens (primary N) is 1. The van der Waals surface area contributed by atoms with Crippen LogP contribution in [0.5, 0.6) is 0 Å². The van der Waals surface area contributed by atoms with Crippen molar-refractivity contribution in [2.45, 2.75) is 44.8 Å². The van der Waals surface area contributed by atoms with Crippen LogP contribution in [0.1, 0.15) is 32.6 Å². The van der Waals surface area contributed by atoms with Gasteiger partial charge in [-0.15, -0.1) is 0 Å². The molecule has 1 fully saturated rings. The standard InChI is InChI=1S/C14H19ClN2O2/c1-9(19-11-4-2-3-5-11)14(18)17-10-6-7-12(15)13(16)8-10/h6-9,11H,2-5,16H2,1H3,(H,17,18). The van der Waals surface area contributed by atoms with Crippen molar-refractivity contribution in [3.05, 3.63) is 23.2 Å². The van der Waals surface area contributed by atoms with E-state index in [2.05, 4.69) is 5.32 Å². The van der Waals surface area contributed by atoms with Gasteiger partial charge in [-0.05, 0) is 38.0 Å². The molecule has 1 aliphatic carbocycles. The summed E-state index contributed by atoms with van der Waals surface area (Å²) in [5.41, 5.74) is 6.77. The van der Waals surface area contributed by atoms with Crippen LogP contribution in [-0.4, -0.2) is 18.1 Å². The molecule has 0 aromatic heterocycles. The molecule has 1 aromatic rings. The lowest BCUT2D eigenvalue weighted by molar-refractivity contribution is -0.129. The predicted molar refractivity (Wildman–Crippen MR) is 77.3 cm³/mol. The highest BCUT2D eigenvalue weighted by Gasteiger charge is 2.22. The molecule has 1 amide bonds. The summed E-state index contributed by atoms with van der Waals surface area (Å²) in [6.45, 7) is 1.77. The van der Waals surface area contributed by atoms with Crippen molar-refractivity contribution in [3.63, 3.8) is 0 Å². The van der Waals surface area contributed by atoms with Crippen LogP contribution in [0.4, 0.5) is 11.4 Å². The minimum atomic E-state index is -0.458. The third kappa shape index (κ3) is 3.85. The minimum Gasteiger partial charge on any atom is -0.397 e. The third-order valence-electron chi connectivity index (χ3n) is 3.33. The Hall–Kier alpha value is -1.26. The number of anilines is 2. The van der Waals surface area contributed by atoms with Crippen molar-refractivity contribution in [1.82, 2.24) is 0 Å². The number of hydrogen-bond donors (Lipinski definition) is 2. The van der Waals surface area contributed by atoms with Crippen molar-refractivity contribution >= 4 is 28.9 Å². The molecule has 0 radical (unpaired) electrons. The largest absolute Gasteiger partial charge is 0.397 e. The number of nitrogens with one attached hydrogen (secondary N) is 1. The molecule has 1 saturated carbocycles. The molecule has 104 valence electrons. The number of hydrogen-bond acceptors (Lipinski definition) is 3. The second-order valence-electron chi connectivity index (χ2n) is 4.91. The second kappa shape index (κ2) is 6.26. The zero-order valence-electron chi connectivity index (χ0n) is 11.0. The smallest absolute Gasteiger partial charge is 0.253 e. The zero-order valence-corrected chi connectivity index (χ0v) is 11.7. The van der Waals surface area contributed by atoms with E-state index < -0.39 is 6.10 Å². The highest BCUT2D eigenvalue weighted by Crippen LogP contribution is 2.24. The summed E-state index contributed by atoms with van der Waals surface area (Å²) in [5.74, 6) is -0.159. The van der Waals surface area contributed by atoms with Gasteiger partial charge in [0.25, 0.3) is 5.91 Å². The fourth-order valence-electron chi connectivity index (χ4n) is 2.24. The summed E-state index contributed by atoms with van der Waals surface area (Å²) in [6, 6.07) is 5.02. The van der Waals surface area contributed by atoms with Gasteiger partial charge in [0.2, 0.25) is 0 Å². The Bertz CT molecular complexity index is 459. The third-order valence-corrected chi connectivity index (χ3v) is 3.68. The Balaban J connectivity index is 1.90. The van der Waals surface area contributed by atoms with E-state index in [1.54, 1.807) is 25.1 Å². The van der Waals surface area contributed by atoms with E-state index >= 15 is 0 Å². The molecular formula is C14H19ClN2O2. The average molecular weight is 283 g/mol. The van der Waals surface area contributed by atoms with Crippen molar-refractivity contribution in [2.75, 3.05) is 11.1 Å². The fraction of sp³-hybridized carbons (Fsp3) is 0.500. The Labute approximate surface area is 118 Å². The second-order valence-corrected chi connectivity index (χ2v) is 5.32. The molecule has 2 rings (SSSR count). The normalized spacial score (nSPS) is 17.4. The summed E-state index contributed by atoms with van der Waals surface area (Å²) >= 11 is 5.83. The van der Waals surface area contributed by atoms with Crippen LogP contribution in [0.15, 0.2) is 18.2 Å². The van der Waals surface area contributed by atoms with Gasteiger partial charge in [0.1, 0.15) is 6.10 Å². The number of carbonyl (C=O) groups is 1. The number of benzene rings is 1. The topological polar surface area (TPSA) is 64.3 Å². The predicted octanol–water partition coefficient (Wildman–Crippen LogP) is 3.21. The van der Waals surface area contributed by atoms with Gasteiger partial charge < -0.3 is 15.8 Å². The Morgan fingerprint density at radius 2 is 2.16 bits per heavy atom. The molecule has 0 bridgehead atoms. The van der Waals surface area contributed by atoms with Gasteiger partial charge in [0.05, 0.1) is 16.8 Å². The monoisotopic (exact) mass is 282 g/mol. The summed E-state index contributed by atoms with van der Waals surface area (Å²) in [7, 11) is 0. The van der Waals surface area contributed by atoms with E-state index in [4.69, 9.17) is 22.1 Å². The first-order chi connectivity index (χ1) is 9.06. The van der Waals surface area contributed by atoms with E-state index in [-0.39, 0.29) is 12.0 Å². The maximum absolute atomic E-state index is 12.0. The van der Waals surface area contributed by atoms with Gasteiger partial charge in [-0.3, -0.25) is 4.79 Å². The van der Waals surface area contributed by atoms with Crippen LogP contribution in [0.25, 0.3) is 0 Å². The number of halogens is 1. The number of rotatable bonds is 4. The van der Waals surface area contributed by atoms with Crippen LogP contribution in [0, 0.1) is 0 Å². The van der Waals surface area contributed by atoms with E-state index in [0.29, 0.717) is 16.4 Å². The molecule has 3 N–H and O–H groups in total. The summed E-state index contributed by atoms with van der Waals surface area (Å²) < 4.78 is 5.73. The van der Waals surface area contributed by atoms with E-state index in [1.165, 1.54) is 12.8 Å². The lowest BCUT2D eigenvalue weighted by atomic mass is 10.2. The Kier molecular flexibility index (Phi) is 4.66. The van der Waals surface area contributed by atoms with Crippen molar-refractivity contribution in [3.8, 4) is 0 Å². The van der Waals surface area contributed by atoms with Crippen molar-refractivity contribution in [2.24, 2.45) is 0 Å². The first kappa shape index (κ1) is 14.2. The van der Waals surface area contributed by atoms with Crippen molar-refractivity contribution < 1.29 is 9.53 Å². The summed E-state index contributed by atoms with van der Waals surface area (Å²) in [6.07, 6.45) is 4.23. The number of carbonyl (C=O) groups excluding carboxylic acids is 1. The number of amides is 1. The van der Waals surface area contributed by atoms with Gasteiger partial charge in [0.15, 0.2) is 0 Å². The van der Waals surface area contributed by atoms with Crippen LogP contribution < -0.4 is 11.1 Å². The lowest BCUT2D eigenvalue weighted by Gasteiger charge is -2.18. The van der Waals surface area contributed by atoms with E-state index in [9.17, 15) is 4.79 Å². The summed E-state index contributed by atoms with van der Waals surface area (Å²) in [4.78, 5) is 12.0. The first-order valence-electron chi connectivity index (χ1n) is 6.57. The Morgan fingerprint density at radius 3 is 2.79 bits per heavy atom. The Morgan fingerprint density at radius 1 is 1.47 bits per heavy atom. The van der Waals surface area contributed by atoms with E-state index in [0.717, 1.165) is 12.8 Å². The van der Waals surface area contributed by atoms with Crippen LogP contribution >= 0.6 is 11.6 Å². The van der Waals surface area contributed by atoms with Crippen LogP contribution in [0.2, 0.25) is 5.02 Å². The molecule has 0 spiro atoms. The molecule has 0 aliphatic heterocycles. The molecule has 5 heteroatoms. The van der Waals surface area contributed by atoms with Crippen LogP contribution in [-0.2, 0) is 9.53 Å². The molecule has 0 heterocycles. The van der Waals surface area contributed by atoms with Crippen molar-refractivity contribution in [1.29, 1.82) is 0 Å². The van der Waals surface area contributed by atoms with Gasteiger partial charge in [-0.2, -0.15) is 0 Å². The maximum Gasteiger partial charge on any atom is 0.253 e. The van der Waals surface area contributed by atoms with Crippen LogP contribution in [0.3, 0.4) is 0 Å². The van der Waals surface area contributed by atoms with Gasteiger partial charge in [-0.1, -0.05) is 24.4 Å². The first-order valence-corrected chi connectivity index (χ1v) is 6.95. The molecule has 19 heavy (non-hydrogen) atoms. The SMILES string of the molecule is CC(OC1CCCC1)C(=O)Nc1ccc(Cl)c(N)c1. The zero-order chi connectivity index (χ0) is 13.8. The molecular weight excluding hydrogens is 264 g/mol. The van der Waals surface area contributed by atoms with Gasteiger partial charge >= 0.3 is 0 Å². The fourth-order valence-corrected chi connectivity index (χ4v) is 2.36. The molecule has 1 unspecified atom stereocenters.